The van der Waals surface area contributed by atoms with Crippen LogP contribution in [-0.4, -0.2) is 55.1 Å². The highest BCUT2D eigenvalue weighted by Gasteiger charge is 2.36. The van der Waals surface area contributed by atoms with Crippen molar-refractivity contribution in [2.45, 2.75) is 58.3 Å². The molecule has 142 valence electrons. The van der Waals surface area contributed by atoms with Crippen LogP contribution >= 0.6 is 0 Å². The lowest BCUT2D eigenvalue weighted by Gasteiger charge is -2.41. The summed E-state index contributed by atoms with van der Waals surface area (Å²) in [7, 11) is 0. The van der Waals surface area contributed by atoms with Gasteiger partial charge in [0.05, 0.1) is 18.8 Å². The Morgan fingerprint density at radius 3 is 2.48 bits per heavy atom. The summed E-state index contributed by atoms with van der Waals surface area (Å²) in [4.78, 5) is 2.40. The van der Waals surface area contributed by atoms with Crippen LogP contribution in [0.5, 0.6) is 0 Å². The number of ether oxygens (including phenoxy) is 2. The molecule has 0 unspecified atom stereocenters. The SMILES string of the molecule is CCCCOC[C@H]1CN(Cc2ccccc2)C[C@@H](OCCCC)[C@@H]1O. The number of benzene rings is 1. The van der Waals surface area contributed by atoms with Gasteiger partial charge in [0.25, 0.3) is 0 Å². The Balaban J connectivity index is 1.93. The molecule has 1 aromatic rings. The third-order valence-corrected chi connectivity index (χ3v) is 4.85. The molecule has 4 heteroatoms. The molecular formula is C21H35NO3. The second-order valence-corrected chi connectivity index (χ2v) is 7.12. The molecule has 1 heterocycles. The highest BCUT2D eigenvalue weighted by atomic mass is 16.5. The van der Waals surface area contributed by atoms with Crippen LogP contribution < -0.4 is 0 Å². The number of aliphatic hydroxyl groups is 1. The largest absolute Gasteiger partial charge is 0.390 e. The van der Waals surface area contributed by atoms with E-state index in [1.807, 2.05) is 6.07 Å². The van der Waals surface area contributed by atoms with Gasteiger partial charge in [-0.25, -0.2) is 0 Å². The van der Waals surface area contributed by atoms with Crippen molar-refractivity contribution in [3.63, 3.8) is 0 Å². The van der Waals surface area contributed by atoms with Crippen molar-refractivity contribution in [2.75, 3.05) is 32.9 Å². The van der Waals surface area contributed by atoms with Crippen molar-refractivity contribution in [3.05, 3.63) is 35.9 Å². The number of aliphatic hydroxyl groups excluding tert-OH is 1. The molecule has 0 bridgehead atoms. The van der Waals surface area contributed by atoms with Crippen molar-refractivity contribution in [2.24, 2.45) is 5.92 Å². The van der Waals surface area contributed by atoms with Crippen LogP contribution in [0.1, 0.15) is 45.1 Å². The molecule has 1 aliphatic heterocycles. The average Bonchev–Trinajstić information content (AvgIpc) is 2.63. The number of unbranched alkanes of at least 4 members (excludes halogenated alkanes) is 2. The molecule has 0 spiro atoms. The summed E-state index contributed by atoms with van der Waals surface area (Å²) >= 11 is 0. The van der Waals surface area contributed by atoms with Gasteiger partial charge in [0.15, 0.2) is 0 Å². The van der Waals surface area contributed by atoms with E-state index in [0.29, 0.717) is 6.61 Å². The summed E-state index contributed by atoms with van der Waals surface area (Å²) < 4.78 is 11.8. The maximum Gasteiger partial charge on any atom is 0.0964 e. The summed E-state index contributed by atoms with van der Waals surface area (Å²) in [5.74, 6) is 0.112. The molecule has 1 aromatic carbocycles. The molecule has 0 saturated carbocycles. The molecule has 0 radical (unpaired) electrons. The van der Waals surface area contributed by atoms with Gasteiger partial charge in [0.2, 0.25) is 0 Å². The van der Waals surface area contributed by atoms with Crippen LogP contribution in [0.3, 0.4) is 0 Å². The first-order valence-corrected chi connectivity index (χ1v) is 9.88. The summed E-state index contributed by atoms with van der Waals surface area (Å²) in [6.07, 6.45) is 3.80. The minimum Gasteiger partial charge on any atom is -0.390 e. The molecule has 0 aliphatic carbocycles. The predicted octanol–water partition coefficient (Wildman–Crippen LogP) is 3.48. The van der Waals surface area contributed by atoms with Crippen molar-refractivity contribution in [1.82, 2.24) is 4.90 Å². The number of hydrogen-bond donors (Lipinski definition) is 1. The van der Waals surface area contributed by atoms with Crippen LogP contribution in [-0.2, 0) is 16.0 Å². The van der Waals surface area contributed by atoms with Crippen molar-refractivity contribution >= 4 is 0 Å². The fraction of sp³-hybridized carbons (Fsp3) is 0.714. The number of nitrogens with zero attached hydrogens (tertiary/aromatic N) is 1. The Kier molecular flexibility index (Phi) is 9.48. The van der Waals surface area contributed by atoms with Crippen molar-refractivity contribution in [1.29, 1.82) is 0 Å². The Bertz CT molecular complexity index is 454. The second kappa shape index (κ2) is 11.6. The summed E-state index contributed by atoms with van der Waals surface area (Å²) in [5.41, 5.74) is 1.30. The van der Waals surface area contributed by atoms with E-state index in [0.717, 1.165) is 58.5 Å². The predicted molar refractivity (Wildman–Crippen MR) is 102 cm³/mol. The van der Waals surface area contributed by atoms with E-state index in [1.165, 1.54) is 5.56 Å². The zero-order valence-electron chi connectivity index (χ0n) is 15.9. The molecule has 1 saturated heterocycles. The lowest BCUT2D eigenvalue weighted by atomic mass is 9.92. The summed E-state index contributed by atoms with van der Waals surface area (Å²) in [5, 5.41) is 10.7. The van der Waals surface area contributed by atoms with Gasteiger partial charge < -0.3 is 14.6 Å². The fourth-order valence-corrected chi connectivity index (χ4v) is 3.31. The van der Waals surface area contributed by atoms with Gasteiger partial charge in [-0.15, -0.1) is 0 Å². The molecule has 25 heavy (non-hydrogen) atoms. The molecule has 1 fully saturated rings. The van der Waals surface area contributed by atoms with Crippen LogP contribution in [0, 0.1) is 5.92 Å². The second-order valence-electron chi connectivity index (χ2n) is 7.12. The monoisotopic (exact) mass is 349 g/mol. The third-order valence-electron chi connectivity index (χ3n) is 4.85. The maximum atomic E-state index is 10.7. The topological polar surface area (TPSA) is 41.9 Å². The molecule has 0 aromatic heterocycles. The van der Waals surface area contributed by atoms with Crippen LogP contribution in [0.15, 0.2) is 30.3 Å². The van der Waals surface area contributed by atoms with Gasteiger partial charge in [-0.2, -0.15) is 0 Å². The summed E-state index contributed by atoms with van der Waals surface area (Å²) in [6, 6.07) is 10.5. The minimum absolute atomic E-state index is 0.112. The van der Waals surface area contributed by atoms with Gasteiger partial charge in [-0.3, -0.25) is 4.90 Å². The van der Waals surface area contributed by atoms with E-state index in [9.17, 15) is 5.11 Å². The van der Waals surface area contributed by atoms with Crippen LogP contribution in [0.2, 0.25) is 0 Å². The Hall–Kier alpha value is -0.940. The fourth-order valence-electron chi connectivity index (χ4n) is 3.31. The molecule has 1 N–H and O–H groups in total. The van der Waals surface area contributed by atoms with E-state index in [4.69, 9.17) is 9.47 Å². The molecular weight excluding hydrogens is 314 g/mol. The molecule has 4 nitrogen and oxygen atoms in total. The van der Waals surface area contributed by atoms with E-state index in [2.05, 4.69) is 43.0 Å². The minimum atomic E-state index is -0.439. The third kappa shape index (κ3) is 7.06. The van der Waals surface area contributed by atoms with E-state index in [-0.39, 0.29) is 12.0 Å². The van der Waals surface area contributed by atoms with Crippen LogP contribution in [0.4, 0.5) is 0 Å². The molecule has 0 amide bonds. The van der Waals surface area contributed by atoms with Crippen LogP contribution in [0.25, 0.3) is 0 Å². The van der Waals surface area contributed by atoms with E-state index >= 15 is 0 Å². The van der Waals surface area contributed by atoms with Gasteiger partial charge in [-0.1, -0.05) is 57.0 Å². The average molecular weight is 350 g/mol. The lowest BCUT2D eigenvalue weighted by Crippen LogP contribution is -2.54. The highest BCUT2D eigenvalue weighted by molar-refractivity contribution is 5.14. The number of likely N-dealkylation sites (tertiary alicyclic amines) is 1. The first kappa shape index (κ1) is 20.4. The zero-order valence-corrected chi connectivity index (χ0v) is 15.9. The van der Waals surface area contributed by atoms with E-state index in [1.54, 1.807) is 0 Å². The molecule has 2 rings (SSSR count). The first-order chi connectivity index (χ1) is 12.2. The quantitative estimate of drug-likeness (QED) is 0.621. The zero-order chi connectivity index (χ0) is 17.9. The maximum absolute atomic E-state index is 10.7. The number of piperidine rings is 1. The lowest BCUT2D eigenvalue weighted by molar-refractivity contribution is -0.123. The Morgan fingerprint density at radius 1 is 1.04 bits per heavy atom. The Labute approximate surface area is 153 Å². The van der Waals surface area contributed by atoms with E-state index < -0.39 is 6.10 Å². The molecule has 1 aliphatic rings. The van der Waals surface area contributed by atoms with Gasteiger partial charge in [-0.05, 0) is 18.4 Å². The van der Waals surface area contributed by atoms with Crippen molar-refractivity contribution < 1.29 is 14.6 Å². The van der Waals surface area contributed by atoms with Crippen molar-refractivity contribution in [3.8, 4) is 0 Å². The smallest absolute Gasteiger partial charge is 0.0964 e. The standard InChI is InChI=1S/C21H35NO3/c1-3-5-12-24-17-19-15-22(14-18-10-8-7-9-11-18)16-20(21(19)23)25-13-6-4-2/h7-11,19-21,23H,3-6,12-17H2,1-2H3/t19-,20-,21-/m1/s1. The normalized spacial score (nSPS) is 24.5. The Morgan fingerprint density at radius 2 is 1.76 bits per heavy atom. The van der Waals surface area contributed by atoms with Gasteiger partial charge in [0, 0.05) is 38.8 Å². The summed E-state index contributed by atoms with van der Waals surface area (Å²) in [6.45, 7) is 8.97. The number of hydrogen-bond acceptors (Lipinski definition) is 4. The molecule has 3 atom stereocenters. The van der Waals surface area contributed by atoms with Gasteiger partial charge >= 0.3 is 0 Å². The highest BCUT2D eigenvalue weighted by Crippen LogP contribution is 2.23. The van der Waals surface area contributed by atoms with Gasteiger partial charge in [0.1, 0.15) is 0 Å². The number of rotatable bonds is 11. The first-order valence-electron chi connectivity index (χ1n) is 9.88.